The minimum atomic E-state index is -1.13. The molecule has 1 heterocycles. The Balaban J connectivity index is 2.49. The van der Waals surface area contributed by atoms with E-state index in [0.717, 1.165) is 28.1 Å². The van der Waals surface area contributed by atoms with E-state index in [1.165, 1.54) is 18.2 Å². The molecule has 0 radical (unpaired) electrons. The summed E-state index contributed by atoms with van der Waals surface area (Å²) >= 11 is 0. The van der Waals surface area contributed by atoms with Crippen molar-refractivity contribution in [3.63, 3.8) is 0 Å². The van der Waals surface area contributed by atoms with Crippen molar-refractivity contribution in [1.82, 2.24) is 4.98 Å². The molecule has 0 bridgehead atoms. The van der Waals surface area contributed by atoms with Crippen LogP contribution in [0.1, 0.15) is 69.3 Å². The molecule has 2 rings (SSSR count). The van der Waals surface area contributed by atoms with Crippen LogP contribution in [0.3, 0.4) is 0 Å². The molecule has 0 aliphatic carbocycles. The lowest BCUT2D eigenvalue weighted by Crippen LogP contribution is -2.19. The number of rotatable bonds is 9. The van der Waals surface area contributed by atoms with Gasteiger partial charge in [-0.3, -0.25) is 9.78 Å². The molecule has 5 nitrogen and oxygen atoms in total. The molecule has 2 atom stereocenters. The summed E-state index contributed by atoms with van der Waals surface area (Å²) in [4.78, 5) is 15.5. The van der Waals surface area contributed by atoms with Gasteiger partial charge in [0, 0.05) is 17.7 Å². The monoisotopic (exact) mass is 415 g/mol. The maximum Gasteiger partial charge on any atom is 0.305 e. The summed E-state index contributed by atoms with van der Waals surface area (Å²) in [5, 5.41) is 28.8. The lowest BCUT2D eigenvalue weighted by Gasteiger charge is -2.19. The first-order chi connectivity index (χ1) is 14.1. The first-order valence-corrected chi connectivity index (χ1v) is 10.1. The van der Waals surface area contributed by atoms with Crippen LogP contribution in [0.2, 0.25) is 0 Å². The van der Waals surface area contributed by atoms with E-state index in [0.29, 0.717) is 0 Å². The Labute approximate surface area is 176 Å². The fourth-order valence-electron chi connectivity index (χ4n) is 3.22. The number of halogens is 1. The number of aromatic nitrogens is 1. The van der Waals surface area contributed by atoms with Crippen LogP contribution in [0.25, 0.3) is 17.2 Å². The van der Waals surface area contributed by atoms with E-state index in [9.17, 15) is 19.4 Å². The number of hydrogen-bond acceptors (Lipinski definition) is 4. The lowest BCUT2D eigenvalue weighted by molar-refractivity contribution is -0.139. The van der Waals surface area contributed by atoms with E-state index in [-0.39, 0.29) is 24.1 Å². The summed E-state index contributed by atoms with van der Waals surface area (Å²) in [5.41, 5.74) is 4.31. The minimum Gasteiger partial charge on any atom is -0.481 e. The van der Waals surface area contributed by atoms with E-state index in [1.807, 2.05) is 19.9 Å². The summed E-state index contributed by atoms with van der Waals surface area (Å²) < 4.78 is 13.5. The summed E-state index contributed by atoms with van der Waals surface area (Å²) in [7, 11) is 0. The van der Waals surface area contributed by atoms with E-state index < -0.39 is 24.6 Å². The molecule has 1 aromatic carbocycles. The van der Waals surface area contributed by atoms with Crippen LogP contribution in [-0.2, 0) is 4.79 Å². The number of pyridine rings is 1. The predicted octanol–water partition coefficient (Wildman–Crippen LogP) is 4.73. The highest BCUT2D eigenvalue weighted by Gasteiger charge is 2.18. The molecule has 0 spiro atoms. The van der Waals surface area contributed by atoms with Gasteiger partial charge in [-0.15, -0.1) is 0 Å². The van der Waals surface area contributed by atoms with Crippen molar-refractivity contribution in [2.75, 3.05) is 0 Å². The second kappa shape index (κ2) is 10.5. The van der Waals surface area contributed by atoms with Crippen LogP contribution in [0.5, 0.6) is 0 Å². The van der Waals surface area contributed by atoms with Crippen molar-refractivity contribution >= 4 is 12.0 Å². The van der Waals surface area contributed by atoms with Crippen molar-refractivity contribution in [3.8, 4) is 11.1 Å². The molecule has 0 saturated carbocycles. The average Bonchev–Trinajstić information content (AvgIpc) is 2.65. The van der Waals surface area contributed by atoms with Gasteiger partial charge in [-0.25, -0.2) is 4.39 Å². The smallest absolute Gasteiger partial charge is 0.305 e. The van der Waals surface area contributed by atoms with E-state index >= 15 is 0 Å². The van der Waals surface area contributed by atoms with Crippen LogP contribution in [0, 0.1) is 5.82 Å². The normalized spacial score (nSPS) is 13.9. The Kier molecular flexibility index (Phi) is 8.26. The van der Waals surface area contributed by atoms with Crippen molar-refractivity contribution in [2.45, 2.75) is 64.6 Å². The van der Waals surface area contributed by atoms with Crippen LogP contribution in [-0.4, -0.2) is 38.5 Å². The number of aliphatic hydroxyl groups excluding tert-OH is 2. The largest absolute Gasteiger partial charge is 0.481 e. The highest BCUT2D eigenvalue weighted by molar-refractivity contribution is 5.77. The lowest BCUT2D eigenvalue weighted by atomic mass is 9.91. The van der Waals surface area contributed by atoms with Gasteiger partial charge in [-0.1, -0.05) is 52.0 Å². The van der Waals surface area contributed by atoms with Crippen molar-refractivity contribution in [3.05, 3.63) is 59.2 Å². The average molecular weight is 416 g/mol. The zero-order chi connectivity index (χ0) is 22.4. The van der Waals surface area contributed by atoms with Crippen LogP contribution >= 0.6 is 0 Å². The Bertz CT molecular complexity index is 891. The maximum absolute atomic E-state index is 13.5. The summed E-state index contributed by atoms with van der Waals surface area (Å²) in [6.45, 7) is 8.19. The van der Waals surface area contributed by atoms with Gasteiger partial charge in [0.05, 0.1) is 24.3 Å². The van der Waals surface area contributed by atoms with Crippen molar-refractivity contribution in [2.24, 2.45) is 0 Å². The maximum atomic E-state index is 13.5. The predicted molar refractivity (Wildman–Crippen MR) is 116 cm³/mol. The molecule has 6 heteroatoms. The van der Waals surface area contributed by atoms with E-state index in [4.69, 9.17) is 10.1 Å². The SMILES string of the molecule is CC(C)c1cc(-c2ccc(F)cc2)c(/C=C/[C@@H](O)C[C@@H](O)CC(=O)O)c(C(C)C)n1. The molecule has 0 aliphatic rings. The number of aliphatic hydroxyl groups is 2. The van der Waals surface area contributed by atoms with Crippen LogP contribution < -0.4 is 0 Å². The number of carboxylic acid groups (broad SMARTS) is 1. The van der Waals surface area contributed by atoms with Crippen LogP contribution in [0.4, 0.5) is 4.39 Å². The summed E-state index contributed by atoms with van der Waals surface area (Å²) in [6, 6.07) is 8.22. The Hall–Kier alpha value is -2.57. The standard InChI is InChI=1S/C24H30FNO4/c1-14(2)22-13-21(16-5-7-17(25)8-6-16)20(24(26-22)15(3)4)10-9-18(27)11-19(28)12-23(29)30/h5-10,13-15,18-19,27-28H,11-12H2,1-4H3,(H,29,30)/b10-9+/t18-,19-/m1/s1. The summed E-state index contributed by atoms with van der Waals surface area (Å²) in [6.07, 6.45) is 0.644. The van der Waals surface area contributed by atoms with Gasteiger partial charge < -0.3 is 15.3 Å². The number of benzene rings is 1. The first kappa shape index (κ1) is 23.7. The Morgan fingerprint density at radius 3 is 2.27 bits per heavy atom. The third-order valence-corrected chi connectivity index (χ3v) is 4.81. The third kappa shape index (κ3) is 6.47. The third-order valence-electron chi connectivity index (χ3n) is 4.81. The number of carbonyl (C=O) groups is 1. The van der Waals surface area contributed by atoms with Gasteiger partial charge in [-0.05, 0) is 41.2 Å². The number of aliphatic carboxylic acids is 1. The molecule has 0 fully saturated rings. The van der Waals surface area contributed by atoms with Crippen molar-refractivity contribution < 1.29 is 24.5 Å². The van der Waals surface area contributed by atoms with Gasteiger partial charge in [0.1, 0.15) is 5.82 Å². The fraction of sp³-hybridized carbons (Fsp3) is 0.417. The minimum absolute atomic E-state index is 0.0802. The molecular weight excluding hydrogens is 385 g/mol. The molecule has 30 heavy (non-hydrogen) atoms. The topological polar surface area (TPSA) is 90.7 Å². The van der Waals surface area contributed by atoms with E-state index in [2.05, 4.69) is 13.8 Å². The highest BCUT2D eigenvalue weighted by atomic mass is 19.1. The zero-order valence-electron chi connectivity index (χ0n) is 17.8. The molecule has 2 aromatic rings. The second-order valence-corrected chi connectivity index (χ2v) is 8.12. The fourth-order valence-corrected chi connectivity index (χ4v) is 3.22. The van der Waals surface area contributed by atoms with Gasteiger partial charge in [-0.2, -0.15) is 0 Å². The van der Waals surface area contributed by atoms with Gasteiger partial charge in [0.25, 0.3) is 0 Å². The molecule has 162 valence electrons. The van der Waals surface area contributed by atoms with E-state index in [1.54, 1.807) is 18.2 Å². The molecule has 0 aliphatic heterocycles. The number of nitrogens with zero attached hydrogens (tertiary/aromatic N) is 1. The first-order valence-electron chi connectivity index (χ1n) is 10.1. The molecule has 1 aromatic heterocycles. The van der Waals surface area contributed by atoms with Gasteiger partial charge in [0.2, 0.25) is 0 Å². The molecule has 0 unspecified atom stereocenters. The molecule has 3 N–H and O–H groups in total. The molecule has 0 saturated heterocycles. The highest BCUT2D eigenvalue weighted by Crippen LogP contribution is 2.33. The zero-order valence-corrected chi connectivity index (χ0v) is 17.8. The Morgan fingerprint density at radius 2 is 1.73 bits per heavy atom. The number of hydrogen-bond donors (Lipinski definition) is 3. The second-order valence-electron chi connectivity index (χ2n) is 8.12. The molecular formula is C24H30FNO4. The van der Waals surface area contributed by atoms with Gasteiger partial charge >= 0.3 is 5.97 Å². The Morgan fingerprint density at radius 1 is 1.10 bits per heavy atom. The molecule has 0 amide bonds. The number of carboxylic acids is 1. The van der Waals surface area contributed by atoms with Gasteiger partial charge in [0.15, 0.2) is 0 Å². The summed E-state index contributed by atoms with van der Waals surface area (Å²) in [5.74, 6) is -1.12. The quantitative estimate of drug-likeness (QED) is 0.551. The van der Waals surface area contributed by atoms with Crippen LogP contribution in [0.15, 0.2) is 36.4 Å². The van der Waals surface area contributed by atoms with Crippen molar-refractivity contribution in [1.29, 1.82) is 0 Å².